The standard InChI is InChI=1S/C23H27FN4O4/c1-27(2)17-9-10-18(29)19(20(17)24)21(30)14-5-7-15(8-6-14)22(31)26-16-4-3-12-28(13-11-16)23(25)32/h5-10,16,29H,3-4,11-13H2,1-2H3,(H2,25,32)(H,26,31)/t16-/m0/s1. The molecular formula is C23H27FN4O4. The second kappa shape index (κ2) is 9.67. The van der Waals surface area contributed by atoms with Crippen molar-refractivity contribution in [3.63, 3.8) is 0 Å². The molecule has 4 N–H and O–H groups in total. The monoisotopic (exact) mass is 442 g/mol. The van der Waals surface area contributed by atoms with Crippen LogP contribution in [0.3, 0.4) is 0 Å². The summed E-state index contributed by atoms with van der Waals surface area (Å²) < 4.78 is 14.8. The average Bonchev–Trinajstić information content (AvgIpc) is 2.99. The highest BCUT2D eigenvalue weighted by molar-refractivity contribution is 6.11. The van der Waals surface area contributed by atoms with Gasteiger partial charge in [0.1, 0.15) is 11.3 Å². The predicted octanol–water partition coefficient (Wildman–Crippen LogP) is 2.49. The number of nitrogens with zero attached hydrogens (tertiary/aromatic N) is 2. The zero-order valence-electron chi connectivity index (χ0n) is 18.1. The van der Waals surface area contributed by atoms with E-state index < -0.39 is 28.9 Å². The molecule has 2 aromatic rings. The summed E-state index contributed by atoms with van der Waals surface area (Å²) in [4.78, 5) is 39.8. The van der Waals surface area contributed by atoms with E-state index in [1.165, 1.54) is 41.3 Å². The van der Waals surface area contributed by atoms with E-state index >= 15 is 0 Å². The molecule has 0 saturated carbocycles. The van der Waals surface area contributed by atoms with E-state index in [4.69, 9.17) is 5.73 Å². The van der Waals surface area contributed by atoms with Crippen molar-refractivity contribution in [2.75, 3.05) is 32.1 Å². The second-order valence-corrected chi connectivity index (χ2v) is 8.02. The molecular weight excluding hydrogens is 415 g/mol. The van der Waals surface area contributed by atoms with Gasteiger partial charge >= 0.3 is 6.03 Å². The minimum Gasteiger partial charge on any atom is -0.507 e. The number of carbonyl (C=O) groups excluding carboxylic acids is 3. The summed E-state index contributed by atoms with van der Waals surface area (Å²) in [6, 6.07) is 7.95. The number of amides is 3. The molecule has 32 heavy (non-hydrogen) atoms. The molecule has 1 fully saturated rings. The van der Waals surface area contributed by atoms with E-state index in [2.05, 4.69) is 5.32 Å². The fourth-order valence-corrected chi connectivity index (χ4v) is 3.76. The van der Waals surface area contributed by atoms with Crippen LogP contribution in [0.25, 0.3) is 0 Å². The number of aromatic hydroxyl groups is 1. The zero-order chi connectivity index (χ0) is 23.4. The lowest BCUT2D eigenvalue weighted by molar-refractivity contribution is 0.0932. The molecule has 1 heterocycles. The van der Waals surface area contributed by atoms with Crippen LogP contribution in [0.2, 0.25) is 0 Å². The Morgan fingerprint density at radius 2 is 1.72 bits per heavy atom. The van der Waals surface area contributed by atoms with E-state index in [0.29, 0.717) is 25.1 Å². The molecule has 2 aromatic carbocycles. The summed E-state index contributed by atoms with van der Waals surface area (Å²) in [6.07, 6.45) is 2.07. The first kappa shape index (κ1) is 23.1. The Balaban J connectivity index is 1.71. The molecule has 1 saturated heterocycles. The number of benzene rings is 2. The van der Waals surface area contributed by atoms with E-state index in [-0.39, 0.29) is 23.2 Å². The Labute approximate surface area is 185 Å². The Hall–Kier alpha value is -3.62. The summed E-state index contributed by atoms with van der Waals surface area (Å²) in [6.45, 7) is 1.05. The molecule has 9 heteroatoms. The minimum absolute atomic E-state index is 0.0898. The number of ketones is 1. The first-order chi connectivity index (χ1) is 15.2. The van der Waals surface area contributed by atoms with Gasteiger partial charge in [-0.1, -0.05) is 12.1 Å². The molecule has 8 nitrogen and oxygen atoms in total. The van der Waals surface area contributed by atoms with Crippen molar-refractivity contribution in [1.29, 1.82) is 0 Å². The summed E-state index contributed by atoms with van der Waals surface area (Å²) in [5.41, 5.74) is 5.60. The number of hydrogen-bond donors (Lipinski definition) is 3. The molecule has 0 bridgehead atoms. The normalized spacial score (nSPS) is 16.2. The molecule has 0 radical (unpaired) electrons. The van der Waals surface area contributed by atoms with Gasteiger partial charge in [0.2, 0.25) is 0 Å². The maximum absolute atomic E-state index is 14.8. The molecule has 0 aromatic heterocycles. The van der Waals surface area contributed by atoms with Gasteiger partial charge < -0.3 is 26.0 Å². The number of anilines is 1. The number of hydrogen-bond acceptors (Lipinski definition) is 5. The van der Waals surface area contributed by atoms with Gasteiger partial charge in [-0.15, -0.1) is 0 Å². The first-order valence-corrected chi connectivity index (χ1v) is 10.4. The maximum Gasteiger partial charge on any atom is 0.314 e. The number of likely N-dealkylation sites (tertiary alicyclic amines) is 1. The number of nitrogens with two attached hydrogens (primary N) is 1. The number of urea groups is 1. The van der Waals surface area contributed by atoms with Gasteiger partial charge in [-0.2, -0.15) is 0 Å². The number of carbonyl (C=O) groups is 3. The van der Waals surface area contributed by atoms with Gasteiger partial charge in [-0.3, -0.25) is 9.59 Å². The maximum atomic E-state index is 14.8. The fraction of sp³-hybridized carbons (Fsp3) is 0.348. The lowest BCUT2D eigenvalue weighted by Crippen LogP contribution is -2.38. The van der Waals surface area contributed by atoms with E-state index in [0.717, 1.165) is 12.8 Å². The summed E-state index contributed by atoms with van der Waals surface area (Å²) in [5.74, 6) is -2.23. The number of primary amides is 1. The van der Waals surface area contributed by atoms with E-state index in [1.54, 1.807) is 19.0 Å². The highest BCUT2D eigenvalue weighted by Crippen LogP contribution is 2.30. The predicted molar refractivity (Wildman–Crippen MR) is 119 cm³/mol. The summed E-state index contributed by atoms with van der Waals surface area (Å²) in [5, 5.41) is 13.0. The molecule has 0 aliphatic carbocycles. The molecule has 3 amide bonds. The van der Waals surface area contributed by atoms with Crippen molar-refractivity contribution in [1.82, 2.24) is 10.2 Å². The SMILES string of the molecule is CN(C)c1ccc(O)c(C(=O)c2ccc(C(=O)N[C@H]3CCCN(C(N)=O)CC3)cc2)c1F. The molecule has 170 valence electrons. The van der Waals surface area contributed by atoms with Crippen molar-refractivity contribution in [3.05, 3.63) is 58.9 Å². The van der Waals surface area contributed by atoms with Crippen molar-refractivity contribution in [2.45, 2.75) is 25.3 Å². The van der Waals surface area contributed by atoms with Crippen molar-refractivity contribution >= 4 is 23.4 Å². The third-order valence-electron chi connectivity index (χ3n) is 5.59. The zero-order valence-corrected chi connectivity index (χ0v) is 18.1. The van der Waals surface area contributed by atoms with Gasteiger partial charge in [0.05, 0.1) is 5.69 Å². The topological polar surface area (TPSA) is 116 Å². The molecule has 1 aliphatic heterocycles. The van der Waals surface area contributed by atoms with Crippen LogP contribution in [0, 0.1) is 5.82 Å². The van der Waals surface area contributed by atoms with E-state index in [9.17, 15) is 23.9 Å². The number of phenolic OH excluding ortho intramolecular Hbond substituents is 1. The van der Waals surface area contributed by atoms with Gasteiger partial charge in [0.25, 0.3) is 5.91 Å². The van der Waals surface area contributed by atoms with Crippen LogP contribution in [-0.2, 0) is 0 Å². The number of rotatable bonds is 5. The van der Waals surface area contributed by atoms with Gasteiger partial charge in [0.15, 0.2) is 11.6 Å². The largest absolute Gasteiger partial charge is 0.507 e. The van der Waals surface area contributed by atoms with Gasteiger partial charge in [0, 0.05) is 44.4 Å². The first-order valence-electron chi connectivity index (χ1n) is 10.4. The van der Waals surface area contributed by atoms with Gasteiger partial charge in [-0.05, 0) is 43.5 Å². The van der Waals surface area contributed by atoms with Crippen molar-refractivity contribution < 1.29 is 23.9 Å². The molecule has 1 atom stereocenters. The Kier molecular flexibility index (Phi) is 6.97. The quantitative estimate of drug-likeness (QED) is 0.616. The summed E-state index contributed by atoms with van der Waals surface area (Å²) in [7, 11) is 3.27. The highest BCUT2D eigenvalue weighted by Gasteiger charge is 2.23. The second-order valence-electron chi connectivity index (χ2n) is 8.02. The Bertz CT molecular complexity index is 1020. The van der Waals surface area contributed by atoms with Gasteiger partial charge in [-0.25, -0.2) is 9.18 Å². The minimum atomic E-state index is -0.805. The Morgan fingerprint density at radius 3 is 2.34 bits per heavy atom. The van der Waals surface area contributed by atoms with Crippen LogP contribution in [0.15, 0.2) is 36.4 Å². The summed E-state index contributed by atoms with van der Waals surface area (Å²) >= 11 is 0. The molecule has 0 spiro atoms. The third kappa shape index (κ3) is 4.99. The smallest absolute Gasteiger partial charge is 0.314 e. The molecule has 1 aliphatic rings. The fourth-order valence-electron chi connectivity index (χ4n) is 3.76. The number of phenols is 1. The highest BCUT2D eigenvalue weighted by atomic mass is 19.1. The lowest BCUT2D eigenvalue weighted by Gasteiger charge is -2.18. The Morgan fingerprint density at radius 1 is 1.06 bits per heavy atom. The molecule has 0 unspecified atom stereocenters. The number of halogens is 1. The average molecular weight is 442 g/mol. The van der Waals surface area contributed by atoms with Crippen LogP contribution in [0.1, 0.15) is 45.5 Å². The van der Waals surface area contributed by atoms with Crippen LogP contribution in [-0.4, -0.2) is 61.0 Å². The van der Waals surface area contributed by atoms with Crippen molar-refractivity contribution in [2.24, 2.45) is 5.73 Å². The lowest BCUT2D eigenvalue weighted by atomic mass is 9.99. The van der Waals surface area contributed by atoms with Crippen LogP contribution >= 0.6 is 0 Å². The van der Waals surface area contributed by atoms with Crippen LogP contribution in [0.5, 0.6) is 5.75 Å². The van der Waals surface area contributed by atoms with Crippen LogP contribution in [0.4, 0.5) is 14.9 Å². The van der Waals surface area contributed by atoms with Crippen molar-refractivity contribution in [3.8, 4) is 5.75 Å². The van der Waals surface area contributed by atoms with Crippen LogP contribution < -0.4 is 16.0 Å². The van der Waals surface area contributed by atoms with E-state index in [1.807, 2.05) is 0 Å². The third-order valence-corrected chi connectivity index (χ3v) is 5.59. The molecule has 3 rings (SSSR count). The number of nitrogens with one attached hydrogen (secondary N) is 1.